The number of hydrogen-bond donors (Lipinski definition) is 2. The van der Waals surface area contributed by atoms with Gasteiger partial charge in [-0.3, -0.25) is 29.8 Å². The summed E-state index contributed by atoms with van der Waals surface area (Å²) in [4.78, 5) is 45.7. The van der Waals surface area contributed by atoms with Crippen LogP contribution in [0.1, 0.15) is 52.7 Å². The van der Waals surface area contributed by atoms with Crippen molar-refractivity contribution in [2.45, 2.75) is 52.4 Å². The molecule has 0 radical (unpaired) electrons. The second-order valence-electron chi connectivity index (χ2n) is 10.9. The molecule has 2 aromatic carbocycles. The van der Waals surface area contributed by atoms with Crippen LogP contribution >= 0.6 is 15.9 Å². The number of likely N-dealkylation sites (N-methyl/N-ethyl adjacent to an activating group) is 1. The van der Waals surface area contributed by atoms with Crippen LogP contribution in [0.2, 0.25) is 0 Å². The maximum atomic E-state index is 11.9. The van der Waals surface area contributed by atoms with Crippen molar-refractivity contribution in [2.24, 2.45) is 0 Å². The van der Waals surface area contributed by atoms with Crippen LogP contribution in [-0.4, -0.2) is 52.5 Å². The monoisotopic (exact) mass is 593 g/mol. The molecule has 0 unspecified atom stereocenters. The van der Waals surface area contributed by atoms with Gasteiger partial charge in [0, 0.05) is 24.3 Å². The highest BCUT2D eigenvalue weighted by Gasteiger charge is 2.23. The van der Waals surface area contributed by atoms with E-state index in [2.05, 4.69) is 26.6 Å². The van der Waals surface area contributed by atoms with E-state index >= 15 is 0 Å². The number of nitrogens with zero attached hydrogens (tertiary/aromatic N) is 3. The molecule has 2 rings (SSSR count). The number of hydrogen-bond acceptors (Lipinski definition) is 7. The number of amides is 2. The van der Waals surface area contributed by atoms with Gasteiger partial charge in [-0.25, -0.2) is 0 Å². The predicted molar refractivity (Wildman–Crippen MR) is 153 cm³/mol. The van der Waals surface area contributed by atoms with Crippen LogP contribution in [0.5, 0.6) is 0 Å². The van der Waals surface area contributed by atoms with Gasteiger partial charge in [0.15, 0.2) is 0 Å². The lowest BCUT2D eigenvalue weighted by Gasteiger charge is -2.23. The fraction of sp³-hybridized carbons (Fsp3) is 0.462. The molecule has 0 saturated carbocycles. The van der Waals surface area contributed by atoms with Gasteiger partial charge < -0.3 is 15.5 Å². The molecule has 0 aliphatic carbocycles. The van der Waals surface area contributed by atoms with Crippen molar-refractivity contribution in [1.82, 2.24) is 4.90 Å². The van der Waals surface area contributed by atoms with Crippen molar-refractivity contribution in [3.05, 3.63) is 67.8 Å². The fourth-order valence-electron chi connectivity index (χ4n) is 3.47. The molecular weight excluding hydrogens is 558 g/mol. The summed E-state index contributed by atoms with van der Waals surface area (Å²) in [5, 5.41) is 27.2. The Labute approximate surface area is 231 Å². The quantitative estimate of drug-likeness (QED) is 0.240. The molecule has 12 heteroatoms. The second kappa shape index (κ2) is 13.4. The Morgan fingerprint density at radius 2 is 1.16 bits per heavy atom. The van der Waals surface area contributed by atoms with Crippen molar-refractivity contribution >= 4 is 50.5 Å². The minimum absolute atomic E-state index is 0.0295. The molecule has 2 amide bonds. The highest BCUT2D eigenvalue weighted by atomic mass is 79.9. The first kappa shape index (κ1) is 32.6. The number of nitro groups is 2. The second-order valence-corrected chi connectivity index (χ2v) is 11.5. The lowest BCUT2D eigenvalue weighted by Crippen LogP contribution is -2.28. The van der Waals surface area contributed by atoms with E-state index in [-0.39, 0.29) is 45.9 Å². The Hall–Kier alpha value is -3.38. The van der Waals surface area contributed by atoms with Crippen molar-refractivity contribution in [2.75, 3.05) is 36.6 Å². The Morgan fingerprint density at radius 1 is 0.789 bits per heavy atom. The molecule has 38 heavy (non-hydrogen) atoms. The molecule has 11 nitrogen and oxygen atoms in total. The molecule has 0 aliphatic heterocycles. The van der Waals surface area contributed by atoms with E-state index in [1.54, 1.807) is 31.1 Å². The summed E-state index contributed by atoms with van der Waals surface area (Å²) < 4.78 is 0. The molecule has 2 aromatic rings. The van der Waals surface area contributed by atoms with Crippen LogP contribution in [-0.2, 0) is 20.4 Å². The number of halogens is 1. The summed E-state index contributed by atoms with van der Waals surface area (Å²) in [5.41, 5.74) is 2.24. The van der Waals surface area contributed by atoms with Crippen molar-refractivity contribution in [3.63, 3.8) is 0 Å². The van der Waals surface area contributed by atoms with Crippen molar-refractivity contribution in [3.8, 4) is 0 Å². The first-order chi connectivity index (χ1) is 17.4. The summed E-state index contributed by atoms with van der Waals surface area (Å²) in [5.74, 6) is -0.429. The smallest absolute Gasteiger partial charge is 0.271 e. The number of nitrogens with one attached hydrogen (secondary N) is 2. The van der Waals surface area contributed by atoms with E-state index in [0.29, 0.717) is 11.4 Å². The van der Waals surface area contributed by atoms with Crippen LogP contribution in [0.15, 0.2) is 36.4 Å². The molecule has 0 atom stereocenters. The highest BCUT2D eigenvalue weighted by Crippen LogP contribution is 2.33. The van der Waals surface area contributed by atoms with Crippen molar-refractivity contribution in [1.29, 1.82) is 0 Å². The third kappa shape index (κ3) is 10.2. The van der Waals surface area contributed by atoms with E-state index in [4.69, 9.17) is 0 Å². The van der Waals surface area contributed by atoms with Gasteiger partial charge in [-0.2, -0.15) is 0 Å². The topological polar surface area (TPSA) is 148 Å². The highest BCUT2D eigenvalue weighted by molar-refractivity contribution is 9.09. The normalized spacial score (nSPS) is 11.3. The molecule has 0 spiro atoms. The molecule has 208 valence electrons. The van der Waals surface area contributed by atoms with Gasteiger partial charge >= 0.3 is 0 Å². The number of benzene rings is 2. The summed E-state index contributed by atoms with van der Waals surface area (Å²) in [6.45, 7) is 12.2. The zero-order valence-electron chi connectivity index (χ0n) is 23.0. The van der Waals surface area contributed by atoms with Crippen LogP contribution in [0.4, 0.5) is 22.7 Å². The lowest BCUT2D eigenvalue weighted by molar-refractivity contribution is -0.385. The minimum atomic E-state index is -0.476. The summed E-state index contributed by atoms with van der Waals surface area (Å²) in [6, 6.07) is 9.09. The molecule has 0 fully saturated rings. The van der Waals surface area contributed by atoms with Crippen LogP contribution in [0.25, 0.3) is 0 Å². The van der Waals surface area contributed by atoms with Gasteiger partial charge in [0.05, 0.1) is 33.1 Å². The minimum Gasteiger partial charge on any atom is -0.325 e. The number of rotatable bonds is 7. The Morgan fingerprint density at radius 3 is 1.45 bits per heavy atom. The number of carbonyl (C=O) groups is 2. The predicted octanol–water partition coefficient (Wildman–Crippen LogP) is 5.62. The number of carbonyl (C=O) groups excluding carboxylic acids is 2. The Kier molecular flexibility index (Phi) is 11.5. The van der Waals surface area contributed by atoms with E-state index in [1.807, 2.05) is 41.5 Å². The Balaban J connectivity index is 0.000000382. The number of anilines is 2. The van der Waals surface area contributed by atoms with Gasteiger partial charge in [-0.15, -0.1) is 0 Å². The zero-order valence-corrected chi connectivity index (χ0v) is 24.6. The first-order valence-corrected chi connectivity index (χ1v) is 12.9. The molecule has 0 heterocycles. The average molecular weight is 595 g/mol. The Bertz CT molecular complexity index is 1190. The third-order valence-corrected chi connectivity index (χ3v) is 5.68. The summed E-state index contributed by atoms with van der Waals surface area (Å²) >= 11 is 3.05. The first-order valence-electron chi connectivity index (χ1n) is 11.7. The van der Waals surface area contributed by atoms with Crippen LogP contribution in [0, 0.1) is 20.2 Å². The number of nitro benzene ring substituents is 2. The maximum Gasteiger partial charge on any atom is 0.271 e. The molecular formula is C26H36BrN5O6. The van der Waals surface area contributed by atoms with E-state index in [9.17, 15) is 29.8 Å². The van der Waals surface area contributed by atoms with Gasteiger partial charge in [-0.05, 0) is 48.2 Å². The van der Waals surface area contributed by atoms with Crippen molar-refractivity contribution < 1.29 is 19.4 Å². The van der Waals surface area contributed by atoms with E-state index < -0.39 is 9.85 Å². The SMILES string of the molecule is CC(C)(C)c1ccc([N+](=O)[O-])cc1NC(=O)CBr.CN(C)CC(=O)Nc1cc([N+](=O)[O-])ccc1C(C)(C)C. The zero-order chi connectivity index (χ0) is 29.4. The van der Waals surface area contributed by atoms with Crippen LogP contribution in [0.3, 0.4) is 0 Å². The molecule has 2 N–H and O–H groups in total. The summed E-state index contributed by atoms with van der Waals surface area (Å²) in [7, 11) is 3.58. The number of non-ortho nitro benzene ring substituents is 2. The standard InChI is InChI=1S/C14H21N3O3.C12H15BrN2O3/c1-14(2,3)11-7-6-10(17(19)20)8-12(11)15-13(18)9-16(4)5;1-12(2,3)9-5-4-8(15(17)18)6-10(9)14-11(16)7-13/h6-8H,9H2,1-5H3,(H,15,18);4-6H,7H2,1-3H3,(H,14,16). The molecule has 0 aromatic heterocycles. The molecule has 0 saturated heterocycles. The molecule has 0 bridgehead atoms. The van der Waals surface area contributed by atoms with Gasteiger partial charge in [0.1, 0.15) is 0 Å². The van der Waals surface area contributed by atoms with Crippen LogP contribution < -0.4 is 10.6 Å². The van der Waals surface area contributed by atoms with E-state index in [1.165, 1.54) is 24.3 Å². The largest absolute Gasteiger partial charge is 0.325 e. The van der Waals surface area contributed by atoms with E-state index in [0.717, 1.165) is 11.1 Å². The maximum absolute atomic E-state index is 11.9. The van der Waals surface area contributed by atoms with Gasteiger partial charge in [0.2, 0.25) is 11.8 Å². The third-order valence-electron chi connectivity index (χ3n) is 5.17. The summed E-state index contributed by atoms with van der Waals surface area (Å²) in [6.07, 6.45) is 0. The fourth-order valence-corrected chi connectivity index (χ4v) is 3.61. The van der Waals surface area contributed by atoms with Gasteiger partial charge in [-0.1, -0.05) is 57.5 Å². The average Bonchev–Trinajstić information content (AvgIpc) is 2.77. The number of alkyl halides is 1. The molecule has 0 aliphatic rings. The van der Waals surface area contributed by atoms with Gasteiger partial charge in [0.25, 0.3) is 11.4 Å². The lowest BCUT2D eigenvalue weighted by atomic mass is 9.85.